The number of benzene rings is 3. The molecule has 0 heterocycles. The van der Waals surface area contributed by atoms with E-state index in [9.17, 15) is 0 Å². The molecule has 3 aromatic rings. The van der Waals surface area contributed by atoms with Crippen molar-refractivity contribution in [2.24, 2.45) is 0 Å². The van der Waals surface area contributed by atoms with E-state index in [1.807, 2.05) is 18.2 Å². The van der Waals surface area contributed by atoms with Crippen molar-refractivity contribution in [3.05, 3.63) is 113 Å². The van der Waals surface area contributed by atoms with Gasteiger partial charge in [-0.25, -0.2) is 0 Å². The summed E-state index contributed by atoms with van der Waals surface area (Å²) in [5.41, 5.74) is 6.39. The molecular formula is C23H20Cl2NTi-. The average molecular weight is 429 g/mol. The maximum absolute atomic E-state index is 4.89. The molecule has 0 aromatic heterocycles. The van der Waals surface area contributed by atoms with E-state index >= 15 is 0 Å². The number of hydrogen-bond donors (Lipinski definition) is 0. The molecule has 1 aliphatic rings. The minimum atomic E-state index is -0.556. The third kappa shape index (κ3) is 5.06. The molecule has 0 spiro atoms. The fourth-order valence-corrected chi connectivity index (χ4v) is 3.50. The van der Waals surface area contributed by atoms with E-state index in [-0.39, 0.29) is 6.04 Å². The molecule has 2 atom stereocenters. The van der Waals surface area contributed by atoms with Crippen molar-refractivity contribution in [3.63, 3.8) is 0 Å². The minimum absolute atomic E-state index is 0.129. The summed E-state index contributed by atoms with van der Waals surface area (Å²) >= 11 is -0.556. The van der Waals surface area contributed by atoms with Gasteiger partial charge in [0.1, 0.15) is 0 Å². The van der Waals surface area contributed by atoms with E-state index < -0.39 is 17.0 Å². The quantitative estimate of drug-likeness (QED) is 0.373. The molecule has 0 aliphatic heterocycles. The van der Waals surface area contributed by atoms with E-state index in [2.05, 4.69) is 79.7 Å². The van der Waals surface area contributed by atoms with Crippen LogP contribution in [0.25, 0.3) is 11.4 Å². The van der Waals surface area contributed by atoms with Gasteiger partial charge < -0.3 is 5.32 Å². The van der Waals surface area contributed by atoms with Gasteiger partial charge in [-0.2, -0.15) is 0 Å². The van der Waals surface area contributed by atoms with Crippen molar-refractivity contribution in [2.45, 2.75) is 18.9 Å². The zero-order chi connectivity index (χ0) is 19.1. The Balaban J connectivity index is 0.000000659. The molecule has 0 saturated heterocycles. The van der Waals surface area contributed by atoms with E-state index in [0.717, 1.165) is 5.69 Å². The fourth-order valence-electron chi connectivity index (χ4n) is 3.50. The monoisotopic (exact) mass is 428 g/mol. The summed E-state index contributed by atoms with van der Waals surface area (Å²) in [7, 11) is 9.78. The van der Waals surface area contributed by atoms with Crippen molar-refractivity contribution in [3.8, 4) is 0 Å². The van der Waals surface area contributed by atoms with E-state index in [1.165, 1.54) is 22.3 Å². The molecule has 0 N–H and O–H groups in total. The topological polar surface area (TPSA) is 14.1 Å². The maximum atomic E-state index is 4.89. The van der Waals surface area contributed by atoms with Gasteiger partial charge in [-0.3, -0.25) is 0 Å². The first kappa shape index (κ1) is 20.2. The Kier molecular flexibility index (Phi) is 7.61. The number of halogens is 2. The van der Waals surface area contributed by atoms with Crippen LogP contribution in [-0.4, -0.2) is 0 Å². The molecule has 4 heteroatoms. The van der Waals surface area contributed by atoms with Gasteiger partial charge in [-0.05, 0) is 16.7 Å². The number of hydrogen-bond acceptors (Lipinski definition) is 0. The Morgan fingerprint density at radius 1 is 0.815 bits per heavy atom. The first-order valence-electron chi connectivity index (χ1n) is 8.82. The van der Waals surface area contributed by atoms with Crippen molar-refractivity contribution >= 4 is 30.4 Å². The van der Waals surface area contributed by atoms with Crippen molar-refractivity contribution in [1.29, 1.82) is 0 Å². The first-order chi connectivity index (χ1) is 13.2. The number of allylic oxidation sites excluding steroid dienone is 1. The van der Waals surface area contributed by atoms with Crippen molar-refractivity contribution < 1.29 is 17.0 Å². The molecule has 27 heavy (non-hydrogen) atoms. The van der Waals surface area contributed by atoms with Crippen LogP contribution < -0.4 is 0 Å². The van der Waals surface area contributed by atoms with Crippen LogP contribution in [0, 0.1) is 0 Å². The molecule has 3 aromatic carbocycles. The van der Waals surface area contributed by atoms with Gasteiger partial charge in [0.05, 0.1) is 0 Å². The number of nitrogens with zero attached hydrogens (tertiary/aromatic N) is 1. The summed E-state index contributed by atoms with van der Waals surface area (Å²) in [5, 5.41) is 4.89. The van der Waals surface area contributed by atoms with E-state index in [0.29, 0.717) is 5.92 Å². The Morgan fingerprint density at radius 3 is 2.15 bits per heavy atom. The predicted octanol–water partition coefficient (Wildman–Crippen LogP) is 7.99. The third-order valence-electron chi connectivity index (χ3n) is 4.68. The molecule has 0 saturated carbocycles. The van der Waals surface area contributed by atoms with Crippen LogP contribution in [0.3, 0.4) is 0 Å². The normalized spacial score (nSPS) is 15.3. The van der Waals surface area contributed by atoms with Crippen LogP contribution in [-0.2, 0) is 17.0 Å². The SMILES string of the molecule is CC([N-]c1ccccc1)c1ccccc1C1C=Cc2ccccc21.[Cl][Ti][Cl]. The Labute approximate surface area is 178 Å². The number of fused-ring (bicyclic) bond motifs is 1. The standard InChI is InChI=1S/C23H20N.2ClH.Ti/c1-17(24-19-10-3-2-4-11-19)20-12-7-8-14-22(20)23-16-15-18-9-5-6-13-21(18)23;;;/h2-17,23H,1H3;2*1H;/q-1;;;+2/p-2. The van der Waals surface area contributed by atoms with Crippen LogP contribution in [0.5, 0.6) is 0 Å². The molecule has 0 fully saturated rings. The molecule has 0 bridgehead atoms. The molecule has 136 valence electrons. The predicted molar refractivity (Wildman–Crippen MR) is 113 cm³/mol. The van der Waals surface area contributed by atoms with Gasteiger partial charge in [0.25, 0.3) is 0 Å². The second-order valence-electron chi connectivity index (χ2n) is 6.31. The third-order valence-corrected chi connectivity index (χ3v) is 4.68. The van der Waals surface area contributed by atoms with Crippen LogP contribution >= 0.6 is 18.6 Å². The molecular weight excluding hydrogens is 409 g/mol. The zero-order valence-corrected chi connectivity index (χ0v) is 18.1. The van der Waals surface area contributed by atoms with Gasteiger partial charge in [-0.15, -0.1) is 5.69 Å². The zero-order valence-electron chi connectivity index (χ0n) is 15.0. The van der Waals surface area contributed by atoms with Crippen LogP contribution in [0.4, 0.5) is 5.69 Å². The second-order valence-corrected chi connectivity index (χ2v) is 8.89. The summed E-state index contributed by atoms with van der Waals surface area (Å²) < 4.78 is 0. The molecule has 0 radical (unpaired) electrons. The van der Waals surface area contributed by atoms with Crippen molar-refractivity contribution in [2.75, 3.05) is 0 Å². The van der Waals surface area contributed by atoms with Gasteiger partial charge in [0.15, 0.2) is 0 Å². The summed E-state index contributed by atoms with van der Waals surface area (Å²) in [6.07, 6.45) is 4.54. The Morgan fingerprint density at radius 2 is 1.41 bits per heavy atom. The van der Waals surface area contributed by atoms with Gasteiger partial charge >= 0.3 is 35.6 Å². The van der Waals surface area contributed by atoms with Gasteiger partial charge in [-0.1, -0.05) is 110 Å². The second kappa shape index (κ2) is 10.2. The van der Waals surface area contributed by atoms with Crippen molar-refractivity contribution in [1.82, 2.24) is 0 Å². The number of rotatable bonds is 4. The molecule has 2 unspecified atom stereocenters. The molecule has 1 nitrogen and oxygen atoms in total. The van der Waals surface area contributed by atoms with Crippen LogP contribution in [0.2, 0.25) is 0 Å². The average Bonchev–Trinajstić information content (AvgIpc) is 3.13. The summed E-state index contributed by atoms with van der Waals surface area (Å²) in [4.78, 5) is 0. The molecule has 0 amide bonds. The Bertz CT molecular complexity index is 896. The Hall–Kier alpha value is -1.51. The van der Waals surface area contributed by atoms with E-state index in [1.54, 1.807) is 0 Å². The first-order valence-corrected chi connectivity index (χ1v) is 13.1. The van der Waals surface area contributed by atoms with Crippen LogP contribution in [0.15, 0.2) is 84.9 Å². The van der Waals surface area contributed by atoms with Gasteiger partial charge in [0, 0.05) is 5.92 Å². The molecule has 4 rings (SSSR count). The van der Waals surface area contributed by atoms with E-state index in [4.69, 9.17) is 23.9 Å². The van der Waals surface area contributed by atoms with Gasteiger partial charge in [0.2, 0.25) is 0 Å². The summed E-state index contributed by atoms with van der Waals surface area (Å²) in [6, 6.07) is 27.7. The summed E-state index contributed by atoms with van der Waals surface area (Å²) in [6.45, 7) is 2.18. The number of para-hydroxylation sites is 1. The summed E-state index contributed by atoms with van der Waals surface area (Å²) in [5.74, 6) is 0.325. The fraction of sp³-hybridized carbons (Fsp3) is 0.130. The van der Waals surface area contributed by atoms with Crippen LogP contribution in [0.1, 0.15) is 41.1 Å². The molecule has 1 aliphatic carbocycles.